The average molecular weight is 387 g/mol. The molecule has 0 fully saturated rings. The van der Waals surface area contributed by atoms with E-state index in [1.807, 2.05) is 25.1 Å². The fraction of sp³-hybridized carbons (Fsp3) is 0.278. The van der Waals surface area contributed by atoms with E-state index in [1.165, 1.54) is 17.8 Å². The third-order valence-corrected chi connectivity index (χ3v) is 5.01. The van der Waals surface area contributed by atoms with Crippen LogP contribution in [0.1, 0.15) is 18.1 Å². The Hall–Kier alpha value is -2.78. The summed E-state index contributed by atoms with van der Waals surface area (Å²) in [5.74, 6) is 1.93. The summed E-state index contributed by atoms with van der Waals surface area (Å²) < 4.78 is 16.3. The summed E-state index contributed by atoms with van der Waals surface area (Å²) in [4.78, 5) is 18.6. The van der Waals surface area contributed by atoms with Crippen molar-refractivity contribution < 1.29 is 19.1 Å². The van der Waals surface area contributed by atoms with E-state index in [-0.39, 0.29) is 12.5 Å². The number of rotatable bonds is 6. The molecule has 0 aliphatic carbocycles. The van der Waals surface area contributed by atoms with Gasteiger partial charge in [0.15, 0.2) is 11.9 Å². The smallest absolute Gasteiger partial charge is 0.270 e. The molecule has 0 atom stereocenters. The maximum atomic E-state index is 11.2. The lowest BCUT2D eigenvalue weighted by molar-refractivity contribution is -0.385. The van der Waals surface area contributed by atoms with Crippen molar-refractivity contribution >= 4 is 28.5 Å². The molecule has 1 aromatic heterocycles. The van der Waals surface area contributed by atoms with Crippen molar-refractivity contribution in [1.82, 2.24) is 9.97 Å². The minimum atomic E-state index is -0.403. The molecule has 1 aliphatic rings. The zero-order valence-corrected chi connectivity index (χ0v) is 15.4. The van der Waals surface area contributed by atoms with Crippen LogP contribution < -0.4 is 9.47 Å². The Bertz CT molecular complexity index is 1000. The van der Waals surface area contributed by atoms with Crippen LogP contribution in [0, 0.1) is 10.1 Å². The normalized spacial score (nSPS) is 13.2. The fourth-order valence-electron chi connectivity index (χ4n) is 2.93. The van der Waals surface area contributed by atoms with Crippen LogP contribution in [-0.2, 0) is 17.1 Å². The number of ether oxygens (including phenoxy) is 3. The lowest BCUT2D eigenvalue weighted by atomic mass is 10.1. The third kappa shape index (κ3) is 3.69. The highest BCUT2D eigenvalue weighted by Crippen LogP contribution is 2.36. The van der Waals surface area contributed by atoms with Crippen molar-refractivity contribution in [2.45, 2.75) is 24.4 Å². The Morgan fingerprint density at radius 1 is 1.37 bits per heavy atom. The number of benzene rings is 2. The molecule has 1 aliphatic heterocycles. The number of aromatic amines is 1. The van der Waals surface area contributed by atoms with E-state index >= 15 is 0 Å². The van der Waals surface area contributed by atoms with Gasteiger partial charge in [-0.15, -0.1) is 0 Å². The number of hydrogen-bond acceptors (Lipinski definition) is 7. The van der Waals surface area contributed by atoms with Gasteiger partial charge in [0.25, 0.3) is 5.69 Å². The van der Waals surface area contributed by atoms with Gasteiger partial charge in [0.1, 0.15) is 11.5 Å². The first kappa shape index (κ1) is 17.6. The van der Waals surface area contributed by atoms with Crippen LogP contribution in [0.15, 0.2) is 35.5 Å². The molecule has 8 nitrogen and oxygen atoms in total. The maximum Gasteiger partial charge on any atom is 0.270 e. The van der Waals surface area contributed by atoms with Crippen LogP contribution >= 0.6 is 11.8 Å². The third-order valence-electron chi connectivity index (χ3n) is 4.09. The topological polar surface area (TPSA) is 99.5 Å². The van der Waals surface area contributed by atoms with Gasteiger partial charge in [-0.05, 0) is 19.1 Å². The Morgan fingerprint density at radius 3 is 3.07 bits per heavy atom. The van der Waals surface area contributed by atoms with Crippen LogP contribution in [-0.4, -0.2) is 28.3 Å². The van der Waals surface area contributed by atoms with E-state index in [2.05, 4.69) is 9.97 Å². The number of nitrogens with one attached hydrogen (secondary N) is 1. The van der Waals surface area contributed by atoms with Gasteiger partial charge in [0, 0.05) is 35.1 Å². The van der Waals surface area contributed by atoms with Crippen LogP contribution in [0.3, 0.4) is 0 Å². The molecule has 3 aromatic rings. The zero-order valence-electron chi connectivity index (χ0n) is 14.6. The molecule has 27 heavy (non-hydrogen) atoms. The summed E-state index contributed by atoms with van der Waals surface area (Å²) in [5.41, 5.74) is 3.20. The molecule has 0 amide bonds. The Kier molecular flexibility index (Phi) is 4.87. The maximum absolute atomic E-state index is 11.2. The Labute approximate surface area is 159 Å². The highest BCUT2D eigenvalue weighted by molar-refractivity contribution is 7.98. The molecule has 2 heterocycles. The van der Waals surface area contributed by atoms with Gasteiger partial charge in [-0.3, -0.25) is 10.1 Å². The number of H-pyrrole nitrogens is 1. The second-order valence-electron chi connectivity index (χ2n) is 5.90. The summed E-state index contributed by atoms with van der Waals surface area (Å²) in [6.07, 6.45) is 0. The van der Waals surface area contributed by atoms with Gasteiger partial charge in [0.05, 0.1) is 29.2 Å². The summed E-state index contributed by atoms with van der Waals surface area (Å²) >= 11 is 1.46. The van der Waals surface area contributed by atoms with E-state index in [0.29, 0.717) is 30.3 Å². The number of imidazole rings is 1. The van der Waals surface area contributed by atoms with Crippen molar-refractivity contribution in [2.24, 2.45) is 0 Å². The number of aromatic nitrogens is 2. The molecular formula is C18H17N3O5S. The molecule has 0 saturated carbocycles. The van der Waals surface area contributed by atoms with Crippen molar-refractivity contribution in [2.75, 3.05) is 13.4 Å². The quantitative estimate of drug-likeness (QED) is 0.387. The Balaban J connectivity index is 1.58. The van der Waals surface area contributed by atoms with Crippen molar-refractivity contribution in [1.29, 1.82) is 0 Å². The second kappa shape index (κ2) is 7.45. The fourth-order valence-corrected chi connectivity index (χ4v) is 3.78. The van der Waals surface area contributed by atoms with Crippen LogP contribution in [0.25, 0.3) is 11.0 Å². The van der Waals surface area contributed by atoms with Gasteiger partial charge in [-0.25, -0.2) is 4.98 Å². The summed E-state index contributed by atoms with van der Waals surface area (Å²) in [6, 6.07) is 8.74. The standard InChI is InChI=1S/C18H17N3O5S/c1-2-25-14-3-4-15-16(7-14)20-18(19-15)27-9-12-6-13(21(22)23)5-11-8-24-10-26-17(11)12/h3-7H,2,8-10H2,1H3,(H,19,20). The molecule has 1 N–H and O–H groups in total. The molecule has 0 unspecified atom stereocenters. The zero-order chi connectivity index (χ0) is 18.8. The SMILES string of the molecule is CCOc1ccc2nc(SCc3cc([N+](=O)[O-])cc4c3OCOC4)[nH]c2c1. The number of thioether (sulfide) groups is 1. The number of non-ortho nitro benzene ring substituents is 1. The summed E-state index contributed by atoms with van der Waals surface area (Å²) in [5, 5.41) is 11.9. The molecule has 140 valence electrons. The van der Waals surface area contributed by atoms with Crippen molar-refractivity contribution in [3.05, 3.63) is 51.6 Å². The van der Waals surface area contributed by atoms with Gasteiger partial charge in [-0.2, -0.15) is 0 Å². The van der Waals surface area contributed by atoms with E-state index < -0.39 is 4.92 Å². The predicted molar refractivity (Wildman–Crippen MR) is 100 cm³/mol. The largest absolute Gasteiger partial charge is 0.494 e. The molecule has 0 spiro atoms. The van der Waals surface area contributed by atoms with Gasteiger partial charge >= 0.3 is 0 Å². The average Bonchev–Trinajstić information content (AvgIpc) is 3.08. The first-order chi connectivity index (χ1) is 13.1. The summed E-state index contributed by atoms with van der Waals surface area (Å²) in [6.45, 7) is 2.99. The minimum absolute atomic E-state index is 0.0319. The molecule has 0 saturated heterocycles. The lowest BCUT2D eigenvalue weighted by Gasteiger charge is -2.20. The Morgan fingerprint density at radius 2 is 2.26 bits per heavy atom. The number of hydrogen-bond donors (Lipinski definition) is 1. The number of nitro groups is 1. The molecule has 0 radical (unpaired) electrons. The van der Waals surface area contributed by atoms with Crippen molar-refractivity contribution in [3.63, 3.8) is 0 Å². The monoisotopic (exact) mass is 387 g/mol. The molecule has 2 aromatic carbocycles. The van der Waals surface area contributed by atoms with Crippen LogP contribution in [0.5, 0.6) is 11.5 Å². The highest BCUT2D eigenvalue weighted by atomic mass is 32.2. The first-order valence-corrected chi connectivity index (χ1v) is 9.38. The second-order valence-corrected chi connectivity index (χ2v) is 6.87. The molecule has 4 rings (SSSR count). The lowest BCUT2D eigenvalue weighted by Crippen LogP contribution is -2.13. The summed E-state index contributed by atoms with van der Waals surface area (Å²) in [7, 11) is 0. The van der Waals surface area contributed by atoms with E-state index in [0.717, 1.165) is 27.5 Å². The van der Waals surface area contributed by atoms with Gasteiger partial charge < -0.3 is 19.2 Å². The van der Waals surface area contributed by atoms with E-state index in [1.54, 1.807) is 6.07 Å². The minimum Gasteiger partial charge on any atom is -0.494 e. The van der Waals surface area contributed by atoms with Crippen molar-refractivity contribution in [3.8, 4) is 11.5 Å². The molecule has 0 bridgehead atoms. The van der Waals surface area contributed by atoms with E-state index in [9.17, 15) is 10.1 Å². The molecular weight excluding hydrogens is 370 g/mol. The van der Waals surface area contributed by atoms with Gasteiger partial charge in [-0.1, -0.05) is 11.8 Å². The number of fused-ring (bicyclic) bond motifs is 2. The number of nitrogens with zero attached hydrogens (tertiary/aromatic N) is 2. The predicted octanol–water partition coefficient (Wildman–Crippen LogP) is 4.03. The van der Waals surface area contributed by atoms with E-state index in [4.69, 9.17) is 14.2 Å². The van der Waals surface area contributed by atoms with Crippen LogP contribution in [0.2, 0.25) is 0 Å². The van der Waals surface area contributed by atoms with Crippen LogP contribution in [0.4, 0.5) is 5.69 Å². The number of nitro benzene ring substituents is 1. The highest BCUT2D eigenvalue weighted by Gasteiger charge is 2.21. The first-order valence-electron chi connectivity index (χ1n) is 8.40. The van der Waals surface area contributed by atoms with Gasteiger partial charge in [0.2, 0.25) is 0 Å². The molecule has 9 heteroatoms.